The second kappa shape index (κ2) is 4.77. The van der Waals surface area contributed by atoms with Crippen molar-refractivity contribution in [2.24, 2.45) is 0 Å². The molecule has 1 N–H and O–H groups in total. The Labute approximate surface area is 111 Å². The minimum Gasteiger partial charge on any atom is -0.476 e. The highest BCUT2D eigenvalue weighted by molar-refractivity contribution is 6.33. The summed E-state index contributed by atoms with van der Waals surface area (Å²) in [6.07, 6.45) is 1.22. The van der Waals surface area contributed by atoms with E-state index in [1.165, 1.54) is 23.0 Å². The van der Waals surface area contributed by atoms with Crippen LogP contribution in [-0.2, 0) is 0 Å². The fourth-order valence-electron chi connectivity index (χ4n) is 1.43. The number of aromatic carboxylic acids is 1. The summed E-state index contributed by atoms with van der Waals surface area (Å²) in [5.74, 6) is -1.14. The van der Waals surface area contributed by atoms with Crippen molar-refractivity contribution in [3.63, 3.8) is 0 Å². The topological polar surface area (TPSA) is 116 Å². The Balaban J connectivity index is 2.65. The zero-order valence-electron chi connectivity index (χ0n) is 9.20. The molecule has 0 unspecified atom stereocenters. The predicted molar refractivity (Wildman–Crippen MR) is 62.8 cm³/mol. The van der Waals surface area contributed by atoms with Crippen molar-refractivity contribution < 1.29 is 9.90 Å². The van der Waals surface area contributed by atoms with E-state index in [1.54, 1.807) is 6.07 Å². The SMILES string of the molecule is N#Cc1ncn(-c2ccc(Cl)c(C(=O)O)n2)c1C#N. The first-order chi connectivity index (χ1) is 9.08. The van der Waals surface area contributed by atoms with Crippen LogP contribution in [0.25, 0.3) is 5.82 Å². The third-order valence-corrected chi connectivity index (χ3v) is 2.57. The summed E-state index contributed by atoms with van der Waals surface area (Å²) in [5, 5.41) is 26.7. The van der Waals surface area contributed by atoms with E-state index in [2.05, 4.69) is 9.97 Å². The van der Waals surface area contributed by atoms with Gasteiger partial charge in [-0.1, -0.05) is 11.6 Å². The molecule has 2 rings (SSSR count). The number of halogens is 1. The van der Waals surface area contributed by atoms with E-state index in [9.17, 15) is 4.79 Å². The van der Waals surface area contributed by atoms with Gasteiger partial charge in [-0.2, -0.15) is 10.5 Å². The van der Waals surface area contributed by atoms with Gasteiger partial charge in [0.05, 0.1) is 5.02 Å². The Bertz CT molecular complexity index is 753. The fraction of sp³-hybridized carbons (Fsp3) is 0. The lowest BCUT2D eigenvalue weighted by Gasteiger charge is -2.04. The van der Waals surface area contributed by atoms with E-state index in [0.29, 0.717) is 0 Å². The van der Waals surface area contributed by atoms with Crippen LogP contribution in [0.4, 0.5) is 0 Å². The summed E-state index contributed by atoms with van der Waals surface area (Å²) in [7, 11) is 0. The van der Waals surface area contributed by atoms with Gasteiger partial charge in [0.2, 0.25) is 0 Å². The van der Waals surface area contributed by atoms with Crippen LogP contribution in [0.2, 0.25) is 5.02 Å². The van der Waals surface area contributed by atoms with Crippen LogP contribution in [0.1, 0.15) is 21.9 Å². The summed E-state index contributed by atoms with van der Waals surface area (Å²) < 4.78 is 1.22. The van der Waals surface area contributed by atoms with E-state index in [4.69, 9.17) is 27.2 Å². The molecule has 0 spiro atoms. The predicted octanol–water partition coefficient (Wildman–Crippen LogP) is 1.36. The van der Waals surface area contributed by atoms with Crippen molar-refractivity contribution in [1.82, 2.24) is 14.5 Å². The second-order valence-electron chi connectivity index (χ2n) is 3.34. The Morgan fingerprint density at radius 1 is 1.37 bits per heavy atom. The number of carboxylic acids is 1. The van der Waals surface area contributed by atoms with E-state index in [0.717, 1.165) is 0 Å². The zero-order chi connectivity index (χ0) is 14.0. The molecule has 2 aromatic rings. The highest BCUT2D eigenvalue weighted by atomic mass is 35.5. The number of carbonyl (C=O) groups is 1. The lowest BCUT2D eigenvalue weighted by atomic mass is 10.3. The van der Waals surface area contributed by atoms with Crippen LogP contribution >= 0.6 is 11.6 Å². The summed E-state index contributed by atoms with van der Waals surface area (Å²) in [6.45, 7) is 0. The fourth-order valence-corrected chi connectivity index (χ4v) is 1.61. The number of carboxylic acid groups (broad SMARTS) is 1. The molecule has 0 aliphatic rings. The number of aromatic nitrogens is 3. The maximum atomic E-state index is 10.9. The maximum absolute atomic E-state index is 10.9. The average Bonchev–Trinajstić information content (AvgIpc) is 2.81. The number of nitriles is 2. The van der Waals surface area contributed by atoms with Gasteiger partial charge in [0.25, 0.3) is 0 Å². The number of hydrogen-bond acceptors (Lipinski definition) is 5. The smallest absolute Gasteiger partial charge is 0.356 e. The number of imidazole rings is 1. The highest BCUT2D eigenvalue weighted by Gasteiger charge is 2.16. The summed E-state index contributed by atoms with van der Waals surface area (Å²) >= 11 is 5.70. The molecule has 0 aliphatic carbocycles. The zero-order valence-corrected chi connectivity index (χ0v) is 9.96. The van der Waals surface area contributed by atoms with Crippen LogP contribution in [0.15, 0.2) is 18.5 Å². The Kier molecular flexibility index (Phi) is 3.15. The molecular weight excluding hydrogens is 270 g/mol. The van der Waals surface area contributed by atoms with Gasteiger partial charge in [0.1, 0.15) is 24.3 Å². The van der Waals surface area contributed by atoms with Crippen molar-refractivity contribution in [3.8, 4) is 18.0 Å². The molecular formula is C11H4ClN5O2. The lowest BCUT2D eigenvalue weighted by Crippen LogP contribution is -2.06. The van der Waals surface area contributed by atoms with E-state index < -0.39 is 5.97 Å². The van der Waals surface area contributed by atoms with E-state index >= 15 is 0 Å². The van der Waals surface area contributed by atoms with Gasteiger partial charge in [-0.3, -0.25) is 4.57 Å². The molecule has 0 aromatic carbocycles. The molecule has 2 heterocycles. The van der Waals surface area contributed by atoms with E-state index in [-0.39, 0.29) is 27.9 Å². The summed E-state index contributed by atoms with van der Waals surface area (Å²) in [5.41, 5.74) is -0.417. The van der Waals surface area contributed by atoms with Gasteiger partial charge in [0.15, 0.2) is 17.1 Å². The maximum Gasteiger partial charge on any atom is 0.356 e. The van der Waals surface area contributed by atoms with Crippen LogP contribution in [0, 0.1) is 22.7 Å². The highest BCUT2D eigenvalue weighted by Crippen LogP contribution is 2.18. The monoisotopic (exact) mass is 273 g/mol. The number of rotatable bonds is 2. The number of pyridine rings is 1. The summed E-state index contributed by atoms with van der Waals surface area (Å²) in [4.78, 5) is 18.5. The first kappa shape index (κ1) is 12.6. The van der Waals surface area contributed by atoms with Gasteiger partial charge in [-0.25, -0.2) is 14.8 Å². The van der Waals surface area contributed by atoms with Gasteiger partial charge in [-0.15, -0.1) is 0 Å². The van der Waals surface area contributed by atoms with Gasteiger partial charge in [0, 0.05) is 0 Å². The first-order valence-corrected chi connectivity index (χ1v) is 5.24. The lowest BCUT2D eigenvalue weighted by molar-refractivity contribution is 0.0690. The molecule has 0 aliphatic heterocycles. The largest absolute Gasteiger partial charge is 0.476 e. The molecule has 0 radical (unpaired) electrons. The molecule has 0 fully saturated rings. The molecule has 0 bridgehead atoms. The molecule has 0 atom stereocenters. The minimum absolute atomic E-state index is 0.0182. The second-order valence-corrected chi connectivity index (χ2v) is 3.75. The number of nitrogens with zero attached hydrogens (tertiary/aromatic N) is 5. The molecule has 19 heavy (non-hydrogen) atoms. The van der Waals surface area contributed by atoms with Crippen LogP contribution in [0.5, 0.6) is 0 Å². The Morgan fingerprint density at radius 3 is 2.68 bits per heavy atom. The summed E-state index contributed by atoms with van der Waals surface area (Å²) in [6, 6.07) is 6.35. The van der Waals surface area contributed by atoms with Crippen molar-refractivity contribution >= 4 is 17.6 Å². The Hall–Kier alpha value is -2.90. The van der Waals surface area contributed by atoms with Gasteiger partial charge >= 0.3 is 5.97 Å². The molecule has 7 nitrogen and oxygen atoms in total. The van der Waals surface area contributed by atoms with Crippen molar-refractivity contribution in [1.29, 1.82) is 10.5 Å². The molecule has 0 saturated heterocycles. The molecule has 92 valence electrons. The third-order valence-electron chi connectivity index (χ3n) is 2.26. The molecule has 2 aromatic heterocycles. The number of hydrogen-bond donors (Lipinski definition) is 1. The molecule has 0 amide bonds. The van der Waals surface area contributed by atoms with Crippen molar-refractivity contribution in [2.45, 2.75) is 0 Å². The normalized spacial score (nSPS) is 9.63. The first-order valence-electron chi connectivity index (χ1n) is 4.86. The molecule has 8 heteroatoms. The van der Waals surface area contributed by atoms with E-state index in [1.807, 2.05) is 6.07 Å². The van der Waals surface area contributed by atoms with Crippen molar-refractivity contribution in [2.75, 3.05) is 0 Å². The van der Waals surface area contributed by atoms with Crippen LogP contribution < -0.4 is 0 Å². The Morgan fingerprint density at radius 2 is 2.11 bits per heavy atom. The van der Waals surface area contributed by atoms with Gasteiger partial charge < -0.3 is 5.11 Å². The minimum atomic E-state index is -1.29. The average molecular weight is 274 g/mol. The van der Waals surface area contributed by atoms with Crippen molar-refractivity contribution in [3.05, 3.63) is 40.6 Å². The molecule has 0 saturated carbocycles. The van der Waals surface area contributed by atoms with Gasteiger partial charge in [-0.05, 0) is 12.1 Å². The van der Waals surface area contributed by atoms with Crippen LogP contribution in [0.3, 0.4) is 0 Å². The van der Waals surface area contributed by atoms with Crippen LogP contribution in [-0.4, -0.2) is 25.6 Å². The quantitative estimate of drug-likeness (QED) is 0.883. The third kappa shape index (κ3) is 2.10. The standard InChI is InChI=1S/C11H4ClN5O2/c12-6-1-2-9(16-10(6)11(18)19)17-5-15-7(3-13)8(17)4-14/h1-2,5H,(H,18,19).